The summed E-state index contributed by atoms with van der Waals surface area (Å²) in [5, 5.41) is 5.78. The summed E-state index contributed by atoms with van der Waals surface area (Å²) in [5.74, 6) is 0.338. The van der Waals surface area contributed by atoms with Crippen LogP contribution in [0.3, 0.4) is 0 Å². The fourth-order valence-electron chi connectivity index (χ4n) is 0.873. The maximum Gasteiger partial charge on any atom is 0.222 e. The number of rotatable bonds is 1. The molecule has 0 bridgehead atoms. The zero-order valence-electron chi connectivity index (χ0n) is 5.95. The van der Waals surface area contributed by atoms with E-state index in [0.717, 1.165) is 15.0 Å². The van der Waals surface area contributed by atoms with Crippen molar-refractivity contribution in [3.05, 3.63) is 22.0 Å². The Bertz CT molecular complexity index is 396. The predicted molar refractivity (Wildman–Crippen MR) is 51.9 cm³/mol. The van der Waals surface area contributed by atoms with Crippen molar-refractivity contribution in [2.75, 3.05) is 5.73 Å². The van der Waals surface area contributed by atoms with E-state index >= 15 is 0 Å². The maximum absolute atomic E-state index is 5.39. The molecule has 0 saturated carbocycles. The Kier molecular flexibility index (Phi) is 1.90. The van der Waals surface area contributed by atoms with Gasteiger partial charge in [-0.1, -0.05) is 5.16 Å². The minimum Gasteiger partial charge on any atom is -0.368 e. The largest absolute Gasteiger partial charge is 0.368 e. The molecule has 0 aliphatic heterocycles. The lowest BCUT2D eigenvalue weighted by Crippen LogP contribution is -1.75. The Morgan fingerprint density at radius 2 is 2.42 bits per heavy atom. The molecule has 5 heteroatoms. The first-order chi connectivity index (χ1) is 5.77. The first-order valence-electron chi connectivity index (χ1n) is 3.23. The van der Waals surface area contributed by atoms with E-state index in [9.17, 15) is 0 Å². The van der Waals surface area contributed by atoms with Crippen LogP contribution >= 0.6 is 27.3 Å². The first kappa shape index (κ1) is 7.82. The lowest BCUT2D eigenvalue weighted by molar-refractivity contribution is 0.439. The average molecular weight is 245 g/mol. The molecule has 0 amide bonds. The molecule has 0 spiro atoms. The number of aromatic nitrogens is 1. The van der Waals surface area contributed by atoms with Crippen LogP contribution in [0.5, 0.6) is 0 Å². The van der Waals surface area contributed by atoms with Crippen molar-refractivity contribution >= 4 is 33.2 Å². The SMILES string of the molecule is Nc1cc(-c2sccc2Br)no1. The van der Waals surface area contributed by atoms with Crippen molar-refractivity contribution in [3.8, 4) is 10.6 Å². The van der Waals surface area contributed by atoms with E-state index < -0.39 is 0 Å². The van der Waals surface area contributed by atoms with E-state index in [2.05, 4.69) is 21.1 Å². The Hall–Kier alpha value is -0.810. The molecule has 2 aromatic rings. The molecule has 0 aliphatic carbocycles. The molecule has 62 valence electrons. The van der Waals surface area contributed by atoms with Gasteiger partial charge in [0.2, 0.25) is 5.88 Å². The standard InChI is InChI=1S/C7H5BrN2OS/c8-4-1-2-12-7(4)5-3-6(9)11-10-5/h1-3H,9H2. The van der Waals surface area contributed by atoms with Gasteiger partial charge in [-0.05, 0) is 27.4 Å². The van der Waals surface area contributed by atoms with Gasteiger partial charge in [-0.2, -0.15) is 0 Å². The van der Waals surface area contributed by atoms with Gasteiger partial charge in [0, 0.05) is 10.5 Å². The highest BCUT2D eigenvalue weighted by Gasteiger charge is 2.08. The van der Waals surface area contributed by atoms with Crippen molar-refractivity contribution in [3.63, 3.8) is 0 Å². The Balaban J connectivity index is 2.50. The van der Waals surface area contributed by atoms with Crippen LogP contribution in [0.1, 0.15) is 0 Å². The van der Waals surface area contributed by atoms with Crippen molar-refractivity contribution in [2.24, 2.45) is 0 Å². The minimum atomic E-state index is 0.338. The summed E-state index contributed by atoms with van der Waals surface area (Å²) >= 11 is 4.99. The lowest BCUT2D eigenvalue weighted by Gasteiger charge is -1.87. The molecule has 0 saturated heterocycles. The molecule has 2 aromatic heterocycles. The molecule has 0 aromatic carbocycles. The quantitative estimate of drug-likeness (QED) is 0.840. The summed E-state index contributed by atoms with van der Waals surface area (Å²) in [6, 6.07) is 3.67. The first-order valence-corrected chi connectivity index (χ1v) is 4.90. The monoisotopic (exact) mass is 244 g/mol. The van der Waals surface area contributed by atoms with Gasteiger partial charge in [0.15, 0.2) is 0 Å². The normalized spacial score (nSPS) is 10.4. The van der Waals surface area contributed by atoms with Crippen LogP contribution in [0, 0.1) is 0 Å². The number of nitrogens with zero attached hydrogens (tertiary/aromatic N) is 1. The Morgan fingerprint density at radius 1 is 1.58 bits per heavy atom. The fourth-order valence-corrected chi connectivity index (χ4v) is 2.40. The van der Waals surface area contributed by atoms with Crippen LogP contribution in [-0.4, -0.2) is 5.16 Å². The third-order valence-corrected chi connectivity index (χ3v) is 3.24. The van der Waals surface area contributed by atoms with Gasteiger partial charge in [-0.25, -0.2) is 0 Å². The highest BCUT2D eigenvalue weighted by atomic mass is 79.9. The number of nitrogen functional groups attached to an aromatic ring is 1. The van der Waals surface area contributed by atoms with Gasteiger partial charge in [0.25, 0.3) is 0 Å². The number of thiophene rings is 1. The van der Waals surface area contributed by atoms with E-state index in [0.29, 0.717) is 5.88 Å². The number of hydrogen-bond acceptors (Lipinski definition) is 4. The number of anilines is 1. The fraction of sp³-hybridized carbons (Fsp3) is 0. The third-order valence-electron chi connectivity index (χ3n) is 1.38. The van der Waals surface area contributed by atoms with Gasteiger partial charge in [0.05, 0.1) is 4.88 Å². The molecular weight excluding hydrogens is 240 g/mol. The molecule has 0 radical (unpaired) electrons. The van der Waals surface area contributed by atoms with Crippen molar-refractivity contribution in [1.82, 2.24) is 5.16 Å². The van der Waals surface area contributed by atoms with Crippen LogP contribution in [0.4, 0.5) is 5.88 Å². The summed E-state index contributed by atoms with van der Waals surface area (Å²) in [7, 11) is 0. The zero-order valence-corrected chi connectivity index (χ0v) is 8.35. The predicted octanol–water partition coefficient (Wildman–Crippen LogP) is 2.75. The number of halogens is 1. The third kappa shape index (κ3) is 1.25. The zero-order chi connectivity index (χ0) is 8.55. The molecule has 2 heterocycles. The topological polar surface area (TPSA) is 52.0 Å². The lowest BCUT2D eigenvalue weighted by atomic mass is 10.3. The van der Waals surface area contributed by atoms with Gasteiger partial charge in [-0.15, -0.1) is 11.3 Å². The molecule has 0 aliphatic rings. The second kappa shape index (κ2) is 2.91. The summed E-state index contributed by atoms with van der Waals surface area (Å²) in [4.78, 5) is 1.04. The smallest absolute Gasteiger partial charge is 0.222 e. The summed E-state index contributed by atoms with van der Waals surface area (Å²) < 4.78 is 5.77. The van der Waals surface area contributed by atoms with Crippen LogP contribution in [0.15, 0.2) is 26.5 Å². The maximum atomic E-state index is 5.39. The van der Waals surface area contributed by atoms with Crippen molar-refractivity contribution < 1.29 is 4.52 Å². The molecule has 12 heavy (non-hydrogen) atoms. The van der Waals surface area contributed by atoms with Gasteiger partial charge >= 0.3 is 0 Å². The summed E-state index contributed by atoms with van der Waals surface area (Å²) in [6.45, 7) is 0. The second-order valence-electron chi connectivity index (χ2n) is 2.21. The van der Waals surface area contributed by atoms with E-state index in [1.807, 2.05) is 11.4 Å². The molecule has 0 atom stereocenters. The molecular formula is C7H5BrN2OS. The number of hydrogen-bond donors (Lipinski definition) is 1. The van der Waals surface area contributed by atoms with Gasteiger partial charge in [-0.3, -0.25) is 0 Å². The van der Waals surface area contributed by atoms with E-state index in [1.54, 1.807) is 17.4 Å². The molecule has 0 fully saturated rings. The van der Waals surface area contributed by atoms with Crippen molar-refractivity contribution in [1.29, 1.82) is 0 Å². The van der Waals surface area contributed by atoms with Crippen LogP contribution < -0.4 is 5.73 Å². The minimum absolute atomic E-state index is 0.338. The summed E-state index contributed by atoms with van der Waals surface area (Å²) in [5.41, 5.74) is 6.17. The van der Waals surface area contributed by atoms with E-state index in [1.165, 1.54) is 0 Å². The van der Waals surface area contributed by atoms with Gasteiger partial charge < -0.3 is 10.3 Å². The molecule has 3 nitrogen and oxygen atoms in total. The highest BCUT2D eigenvalue weighted by Crippen LogP contribution is 2.33. The Labute approximate surface area is 81.3 Å². The average Bonchev–Trinajstić information content (AvgIpc) is 2.58. The van der Waals surface area contributed by atoms with Crippen LogP contribution in [-0.2, 0) is 0 Å². The molecule has 2 N–H and O–H groups in total. The van der Waals surface area contributed by atoms with Crippen LogP contribution in [0.2, 0.25) is 0 Å². The second-order valence-corrected chi connectivity index (χ2v) is 3.98. The Morgan fingerprint density at radius 3 is 2.92 bits per heavy atom. The number of nitrogens with two attached hydrogens (primary N) is 1. The van der Waals surface area contributed by atoms with Gasteiger partial charge in [0.1, 0.15) is 5.69 Å². The molecule has 0 unspecified atom stereocenters. The summed E-state index contributed by atoms with van der Waals surface area (Å²) in [6.07, 6.45) is 0. The molecule has 2 rings (SSSR count). The highest BCUT2D eigenvalue weighted by molar-refractivity contribution is 9.10. The van der Waals surface area contributed by atoms with Crippen LogP contribution in [0.25, 0.3) is 10.6 Å². The van der Waals surface area contributed by atoms with E-state index in [-0.39, 0.29) is 0 Å². The van der Waals surface area contributed by atoms with E-state index in [4.69, 9.17) is 10.3 Å². The van der Waals surface area contributed by atoms with Crippen molar-refractivity contribution in [2.45, 2.75) is 0 Å².